The summed E-state index contributed by atoms with van der Waals surface area (Å²) in [6.45, 7) is 3.21. The molecule has 2 N–H and O–H groups in total. The van der Waals surface area contributed by atoms with Crippen molar-refractivity contribution in [3.8, 4) is 5.75 Å². The first kappa shape index (κ1) is 16.0. The maximum absolute atomic E-state index is 13.2. The van der Waals surface area contributed by atoms with Crippen LogP contribution in [0.3, 0.4) is 0 Å². The molecule has 0 unspecified atom stereocenters. The molecule has 1 heterocycles. The van der Waals surface area contributed by atoms with E-state index in [4.69, 9.17) is 10.5 Å². The summed E-state index contributed by atoms with van der Waals surface area (Å²) < 4.78 is 7.14. The first-order chi connectivity index (χ1) is 10.2. The smallest absolute Gasteiger partial charge is 0.192 e. The molecule has 1 aromatic heterocycles. The van der Waals surface area contributed by atoms with Crippen LogP contribution in [0.2, 0.25) is 0 Å². The van der Waals surface area contributed by atoms with Crippen LogP contribution >= 0.6 is 0 Å². The zero-order valence-corrected chi connectivity index (χ0v) is 13.2. The van der Waals surface area contributed by atoms with Gasteiger partial charge in [-0.05, 0) is 19.3 Å². The largest absolute Gasteiger partial charge is 0.493 e. The maximum atomic E-state index is 13.2. The van der Waals surface area contributed by atoms with Gasteiger partial charge in [0.2, 0.25) is 0 Å². The van der Waals surface area contributed by atoms with E-state index < -0.39 is 5.41 Å². The number of rotatable bonds is 6. The molecule has 0 aliphatic heterocycles. The van der Waals surface area contributed by atoms with Gasteiger partial charge in [0.1, 0.15) is 5.69 Å². The highest BCUT2D eigenvalue weighted by Crippen LogP contribution is 2.39. The number of hydrogen-bond donors (Lipinski definition) is 1. The number of nitrogens with zero attached hydrogens (tertiary/aromatic N) is 2. The van der Waals surface area contributed by atoms with Crippen LogP contribution in [0.15, 0.2) is 6.20 Å². The monoisotopic (exact) mass is 293 g/mol. The standard InChI is InChI=1S/C16H27N3O2/c1-3-10-19-14(13(21-2)11-18-19)15(20)16(12-17)8-6-4-5-7-9-16/h11H,3-10,12,17H2,1-2H3. The Labute approximate surface area is 126 Å². The molecule has 118 valence electrons. The molecule has 5 heteroatoms. The van der Waals surface area contributed by atoms with E-state index in [9.17, 15) is 4.79 Å². The fourth-order valence-electron chi connectivity index (χ4n) is 3.31. The van der Waals surface area contributed by atoms with Gasteiger partial charge in [-0.3, -0.25) is 9.48 Å². The van der Waals surface area contributed by atoms with Gasteiger partial charge in [-0.15, -0.1) is 0 Å². The minimum Gasteiger partial charge on any atom is -0.493 e. The van der Waals surface area contributed by atoms with Crippen LogP contribution < -0.4 is 10.5 Å². The summed E-state index contributed by atoms with van der Waals surface area (Å²) in [6, 6.07) is 0. The Morgan fingerprint density at radius 3 is 2.57 bits per heavy atom. The Balaban J connectivity index is 2.38. The van der Waals surface area contributed by atoms with Crippen LogP contribution in [-0.2, 0) is 6.54 Å². The first-order valence-electron chi connectivity index (χ1n) is 8.03. The molecule has 1 aliphatic carbocycles. The lowest BCUT2D eigenvalue weighted by Crippen LogP contribution is -2.39. The lowest BCUT2D eigenvalue weighted by Gasteiger charge is -2.30. The Morgan fingerprint density at radius 1 is 1.38 bits per heavy atom. The molecular formula is C16H27N3O2. The summed E-state index contributed by atoms with van der Waals surface area (Å²) in [5.41, 5.74) is 6.21. The number of carbonyl (C=O) groups excluding carboxylic acids is 1. The summed E-state index contributed by atoms with van der Waals surface area (Å²) in [5.74, 6) is 0.695. The second kappa shape index (κ2) is 7.07. The highest BCUT2D eigenvalue weighted by atomic mass is 16.5. The van der Waals surface area contributed by atoms with E-state index in [0.29, 0.717) is 18.0 Å². The third kappa shape index (κ3) is 3.12. The number of methoxy groups -OCH3 is 1. The van der Waals surface area contributed by atoms with Crippen LogP contribution in [-0.4, -0.2) is 29.2 Å². The molecule has 0 saturated heterocycles. The van der Waals surface area contributed by atoms with E-state index in [0.717, 1.165) is 38.6 Å². The fraction of sp³-hybridized carbons (Fsp3) is 0.750. The molecule has 2 rings (SSSR count). The van der Waals surface area contributed by atoms with Gasteiger partial charge in [0.15, 0.2) is 11.5 Å². The van der Waals surface area contributed by atoms with Gasteiger partial charge < -0.3 is 10.5 Å². The molecule has 0 amide bonds. The molecule has 0 atom stereocenters. The molecule has 0 bridgehead atoms. The molecule has 1 aromatic rings. The van der Waals surface area contributed by atoms with Gasteiger partial charge in [-0.25, -0.2) is 0 Å². The van der Waals surface area contributed by atoms with E-state index >= 15 is 0 Å². The summed E-state index contributed by atoms with van der Waals surface area (Å²) in [5, 5.41) is 4.31. The van der Waals surface area contributed by atoms with Crippen molar-refractivity contribution >= 4 is 5.78 Å². The first-order valence-corrected chi connectivity index (χ1v) is 8.03. The lowest BCUT2D eigenvalue weighted by molar-refractivity contribution is 0.0758. The van der Waals surface area contributed by atoms with Gasteiger partial charge in [-0.2, -0.15) is 5.10 Å². The minimum atomic E-state index is -0.435. The van der Waals surface area contributed by atoms with E-state index in [1.165, 1.54) is 12.8 Å². The fourth-order valence-corrected chi connectivity index (χ4v) is 3.31. The van der Waals surface area contributed by atoms with Crippen molar-refractivity contribution in [1.82, 2.24) is 9.78 Å². The molecule has 5 nitrogen and oxygen atoms in total. The quantitative estimate of drug-likeness (QED) is 0.647. The number of aromatic nitrogens is 2. The van der Waals surface area contributed by atoms with E-state index in [-0.39, 0.29) is 5.78 Å². The molecule has 1 saturated carbocycles. The topological polar surface area (TPSA) is 70.1 Å². The van der Waals surface area contributed by atoms with Gasteiger partial charge in [0, 0.05) is 18.5 Å². The van der Waals surface area contributed by atoms with Crippen LogP contribution in [0, 0.1) is 5.41 Å². The second-order valence-electron chi connectivity index (χ2n) is 6.01. The third-order valence-corrected chi connectivity index (χ3v) is 4.61. The number of ketones is 1. The predicted molar refractivity (Wildman–Crippen MR) is 82.6 cm³/mol. The number of Topliss-reactive ketones (excluding diaryl/α,β-unsaturated/α-hetero) is 1. The van der Waals surface area contributed by atoms with E-state index in [1.54, 1.807) is 18.0 Å². The number of ether oxygens (including phenoxy) is 1. The molecule has 1 aliphatic rings. The van der Waals surface area contributed by atoms with Gasteiger partial charge in [0.25, 0.3) is 0 Å². The number of carbonyl (C=O) groups is 1. The van der Waals surface area contributed by atoms with Crippen molar-refractivity contribution in [2.75, 3.05) is 13.7 Å². The summed E-state index contributed by atoms with van der Waals surface area (Å²) in [4.78, 5) is 13.2. The summed E-state index contributed by atoms with van der Waals surface area (Å²) in [6.07, 6.45) is 8.87. The number of aryl methyl sites for hydroxylation is 1. The van der Waals surface area contributed by atoms with Crippen LogP contribution in [0.1, 0.15) is 62.4 Å². The van der Waals surface area contributed by atoms with Crippen molar-refractivity contribution in [2.45, 2.75) is 58.4 Å². The van der Waals surface area contributed by atoms with Crippen LogP contribution in [0.4, 0.5) is 0 Å². The summed E-state index contributed by atoms with van der Waals surface area (Å²) in [7, 11) is 1.59. The average molecular weight is 293 g/mol. The SMILES string of the molecule is CCCn1ncc(OC)c1C(=O)C1(CN)CCCCCC1. The molecule has 21 heavy (non-hydrogen) atoms. The predicted octanol–water partition coefficient (Wildman–Crippen LogP) is 2.78. The minimum absolute atomic E-state index is 0.120. The highest BCUT2D eigenvalue weighted by molar-refractivity contribution is 6.01. The second-order valence-corrected chi connectivity index (χ2v) is 6.01. The van der Waals surface area contributed by atoms with Gasteiger partial charge in [0.05, 0.1) is 13.3 Å². The third-order valence-electron chi connectivity index (χ3n) is 4.61. The van der Waals surface area contributed by atoms with Crippen molar-refractivity contribution in [2.24, 2.45) is 11.1 Å². The Kier molecular flexibility index (Phi) is 5.39. The van der Waals surface area contributed by atoms with Crippen molar-refractivity contribution in [3.63, 3.8) is 0 Å². The molecule has 0 aromatic carbocycles. The highest BCUT2D eigenvalue weighted by Gasteiger charge is 2.40. The van der Waals surface area contributed by atoms with Crippen molar-refractivity contribution < 1.29 is 9.53 Å². The maximum Gasteiger partial charge on any atom is 0.192 e. The normalized spacial score (nSPS) is 18.2. The van der Waals surface area contributed by atoms with E-state index in [1.807, 2.05) is 0 Å². The lowest BCUT2D eigenvalue weighted by atomic mass is 9.75. The molecule has 0 radical (unpaired) electrons. The average Bonchev–Trinajstić information content (AvgIpc) is 2.75. The summed E-state index contributed by atoms with van der Waals surface area (Å²) >= 11 is 0. The molecule has 0 spiro atoms. The van der Waals surface area contributed by atoms with Crippen LogP contribution in [0.5, 0.6) is 5.75 Å². The van der Waals surface area contributed by atoms with Crippen LogP contribution in [0.25, 0.3) is 0 Å². The Morgan fingerprint density at radius 2 is 2.05 bits per heavy atom. The Bertz CT molecular complexity index is 474. The zero-order valence-electron chi connectivity index (χ0n) is 13.2. The van der Waals surface area contributed by atoms with Crippen molar-refractivity contribution in [3.05, 3.63) is 11.9 Å². The van der Waals surface area contributed by atoms with Gasteiger partial charge >= 0.3 is 0 Å². The van der Waals surface area contributed by atoms with Gasteiger partial charge in [-0.1, -0.05) is 32.6 Å². The van der Waals surface area contributed by atoms with Crippen molar-refractivity contribution in [1.29, 1.82) is 0 Å². The van der Waals surface area contributed by atoms with E-state index in [2.05, 4.69) is 12.0 Å². The molecular weight excluding hydrogens is 266 g/mol. The zero-order chi connectivity index (χ0) is 15.3. The molecule has 1 fully saturated rings. The number of nitrogens with two attached hydrogens (primary N) is 1. The Hall–Kier alpha value is -1.36. The number of hydrogen-bond acceptors (Lipinski definition) is 4.